The zero-order valence-electron chi connectivity index (χ0n) is 10.7. The summed E-state index contributed by atoms with van der Waals surface area (Å²) in [4.78, 5) is 2.53. The van der Waals surface area contributed by atoms with Crippen LogP contribution in [0.15, 0.2) is 29.2 Å². The van der Waals surface area contributed by atoms with Crippen molar-refractivity contribution in [1.29, 1.82) is 0 Å². The molecule has 0 aromatic heterocycles. The van der Waals surface area contributed by atoms with Crippen molar-refractivity contribution in [3.63, 3.8) is 0 Å². The molecular weight excluding hydrogens is 250 g/mol. The third-order valence-corrected chi connectivity index (χ3v) is 4.67. The second-order valence-corrected chi connectivity index (χ2v) is 7.02. The average molecular weight is 269 g/mol. The summed E-state index contributed by atoms with van der Waals surface area (Å²) < 4.78 is 22.7. The van der Waals surface area contributed by atoms with Gasteiger partial charge in [0, 0.05) is 31.0 Å². The van der Waals surface area contributed by atoms with Gasteiger partial charge in [0.15, 0.2) is 9.84 Å². The molecule has 1 aromatic rings. The van der Waals surface area contributed by atoms with Crippen LogP contribution in [0.2, 0.25) is 0 Å². The average Bonchev–Trinajstić information content (AvgIpc) is 2.77. The quantitative estimate of drug-likeness (QED) is 0.898. The predicted molar refractivity (Wildman–Crippen MR) is 71.6 cm³/mol. The molecule has 100 valence electrons. The monoisotopic (exact) mass is 269 g/mol. The number of rotatable bonds is 3. The van der Waals surface area contributed by atoms with Crippen LogP contribution in [0.3, 0.4) is 0 Å². The van der Waals surface area contributed by atoms with Crippen LogP contribution < -0.4 is 4.90 Å². The smallest absolute Gasteiger partial charge is 0.175 e. The topological polar surface area (TPSA) is 57.6 Å². The van der Waals surface area contributed by atoms with E-state index in [1.54, 1.807) is 12.1 Å². The van der Waals surface area contributed by atoms with Crippen molar-refractivity contribution in [2.24, 2.45) is 5.92 Å². The van der Waals surface area contributed by atoms with E-state index in [-0.39, 0.29) is 6.10 Å². The molecule has 0 saturated carbocycles. The van der Waals surface area contributed by atoms with E-state index in [4.69, 9.17) is 0 Å². The number of sulfone groups is 1. The molecule has 1 aromatic carbocycles. The van der Waals surface area contributed by atoms with Crippen molar-refractivity contribution < 1.29 is 13.5 Å². The molecule has 0 amide bonds. The van der Waals surface area contributed by atoms with E-state index < -0.39 is 9.84 Å². The van der Waals surface area contributed by atoms with Gasteiger partial charge in [-0.2, -0.15) is 0 Å². The second-order valence-electron chi connectivity index (χ2n) is 5.00. The second kappa shape index (κ2) is 4.90. The first-order valence-corrected chi connectivity index (χ1v) is 8.00. The Morgan fingerprint density at radius 3 is 2.39 bits per heavy atom. The van der Waals surface area contributed by atoms with Crippen molar-refractivity contribution in [2.75, 3.05) is 24.2 Å². The molecule has 2 unspecified atom stereocenters. The molecule has 0 radical (unpaired) electrons. The molecule has 1 aliphatic heterocycles. The number of hydrogen-bond donors (Lipinski definition) is 1. The van der Waals surface area contributed by atoms with Gasteiger partial charge in [0.2, 0.25) is 0 Å². The minimum absolute atomic E-state index is 0.287. The SMILES string of the molecule is CC(O)C1CCN(c2ccc(S(C)(=O)=O)cc2)C1. The van der Waals surface area contributed by atoms with Crippen LogP contribution >= 0.6 is 0 Å². The predicted octanol–water partition coefficient (Wildman–Crippen LogP) is 1.30. The molecule has 0 bridgehead atoms. The normalized spacial score (nSPS) is 22.2. The Hall–Kier alpha value is -1.07. The van der Waals surface area contributed by atoms with Crippen LogP contribution in [0, 0.1) is 5.92 Å². The molecule has 18 heavy (non-hydrogen) atoms. The van der Waals surface area contributed by atoms with E-state index in [9.17, 15) is 13.5 Å². The molecule has 5 heteroatoms. The third kappa shape index (κ3) is 2.84. The van der Waals surface area contributed by atoms with Gasteiger partial charge in [-0.3, -0.25) is 0 Å². The van der Waals surface area contributed by atoms with Gasteiger partial charge in [-0.25, -0.2) is 8.42 Å². The van der Waals surface area contributed by atoms with Crippen molar-refractivity contribution in [3.05, 3.63) is 24.3 Å². The fraction of sp³-hybridized carbons (Fsp3) is 0.538. The fourth-order valence-corrected chi connectivity index (χ4v) is 2.95. The summed E-state index contributed by atoms with van der Waals surface area (Å²) in [5.41, 5.74) is 1.02. The maximum absolute atomic E-state index is 11.4. The molecule has 0 spiro atoms. The molecule has 0 aliphatic carbocycles. The van der Waals surface area contributed by atoms with Crippen LogP contribution in [0.1, 0.15) is 13.3 Å². The molecule has 1 heterocycles. The first kappa shape index (κ1) is 13.4. The number of aliphatic hydroxyl groups is 1. The molecular formula is C13H19NO3S. The Labute approximate surface area is 108 Å². The van der Waals surface area contributed by atoms with Gasteiger partial charge in [0.25, 0.3) is 0 Å². The van der Waals surface area contributed by atoms with Gasteiger partial charge in [-0.05, 0) is 37.6 Å². The first-order valence-electron chi connectivity index (χ1n) is 6.11. The van der Waals surface area contributed by atoms with Crippen molar-refractivity contribution in [2.45, 2.75) is 24.3 Å². The fourth-order valence-electron chi connectivity index (χ4n) is 2.32. The molecule has 2 atom stereocenters. The maximum atomic E-state index is 11.4. The highest BCUT2D eigenvalue weighted by atomic mass is 32.2. The van der Waals surface area contributed by atoms with Crippen molar-refractivity contribution in [1.82, 2.24) is 0 Å². The van der Waals surface area contributed by atoms with Gasteiger partial charge in [0.05, 0.1) is 11.0 Å². The largest absolute Gasteiger partial charge is 0.393 e. The summed E-state index contributed by atoms with van der Waals surface area (Å²) in [5.74, 6) is 0.305. The highest BCUT2D eigenvalue weighted by molar-refractivity contribution is 7.90. The summed E-state index contributed by atoms with van der Waals surface area (Å²) in [6, 6.07) is 6.95. The Morgan fingerprint density at radius 2 is 1.94 bits per heavy atom. The van der Waals surface area contributed by atoms with Crippen LogP contribution in [-0.4, -0.2) is 39.0 Å². The molecule has 1 saturated heterocycles. The van der Waals surface area contributed by atoms with Gasteiger partial charge in [-0.15, -0.1) is 0 Å². The lowest BCUT2D eigenvalue weighted by molar-refractivity contribution is 0.136. The van der Waals surface area contributed by atoms with Crippen LogP contribution in [0.5, 0.6) is 0 Å². The van der Waals surface area contributed by atoms with Crippen LogP contribution in [-0.2, 0) is 9.84 Å². The molecule has 1 aliphatic rings. The maximum Gasteiger partial charge on any atom is 0.175 e. The Morgan fingerprint density at radius 1 is 1.33 bits per heavy atom. The van der Waals surface area contributed by atoms with Crippen molar-refractivity contribution >= 4 is 15.5 Å². The molecule has 2 rings (SSSR count). The first-order chi connectivity index (χ1) is 8.38. The van der Waals surface area contributed by atoms with Gasteiger partial charge >= 0.3 is 0 Å². The summed E-state index contributed by atoms with van der Waals surface area (Å²) in [6.45, 7) is 3.56. The van der Waals surface area contributed by atoms with Crippen molar-refractivity contribution in [3.8, 4) is 0 Å². The van der Waals surface area contributed by atoms with E-state index >= 15 is 0 Å². The summed E-state index contributed by atoms with van der Waals surface area (Å²) >= 11 is 0. The summed E-state index contributed by atoms with van der Waals surface area (Å²) in [7, 11) is -3.13. The minimum atomic E-state index is -3.13. The third-order valence-electron chi connectivity index (χ3n) is 3.54. The highest BCUT2D eigenvalue weighted by Gasteiger charge is 2.26. The van der Waals surface area contributed by atoms with E-state index in [0.29, 0.717) is 10.8 Å². The number of hydrogen-bond acceptors (Lipinski definition) is 4. The molecule has 4 nitrogen and oxygen atoms in total. The zero-order valence-corrected chi connectivity index (χ0v) is 11.5. The molecule has 1 fully saturated rings. The number of aliphatic hydroxyl groups excluding tert-OH is 1. The Balaban J connectivity index is 2.12. The number of benzene rings is 1. The summed E-state index contributed by atoms with van der Waals surface area (Å²) in [6.07, 6.45) is 1.90. The van der Waals surface area contributed by atoms with Crippen LogP contribution in [0.25, 0.3) is 0 Å². The van der Waals surface area contributed by atoms with E-state index in [2.05, 4.69) is 4.90 Å². The lowest BCUT2D eigenvalue weighted by Crippen LogP contribution is -2.23. The number of anilines is 1. The van der Waals surface area contributed by atoms with Gasteiger partial charge in [-0.1, -0.05) is 0 Å². The lowest BCUT2D eigenvalue weighted by atomic mass is 10.0. The summed E-state index contributed by atoms with van der Waals surface area (Å²) in [5, 5.41) is 9.56. The van der Waals surface area contributed by atoms with E-state index in [0.717, 1.165) is 25.2 Å². The Bertz CT molecular complexity index is 508. The Kier molecular flexibility index (Phi) is 3.64. The molecule has 1 N–H and O–H groups in total. The van der Waals surface area contributed by atoms with Crippen LogP contribution in [0.4, 0.5) is 5.69 Å². The highest BCUT2D eigenvalue weighted by Crippen LogP contribution is 2.26. The van der Waals surface area contributed by atoms with Gasteiger partial charge in [0.1, 0.15) is 0 Å². The standard InChI is InChI=1S/C13H19NO3S/c1-10(15)11-7-8-14(9-11)12-3-5-13(6-4-12)18(2,16)17/h3-6,10-11,15H,7-9H2,1-2H3. The van der Waals surface area contributed by atoms with E-state index in [1.807, 2.05) is 19.1 Å². The van der Waals surface area contributed by atoms with E-state index in [1.165, 1.54) is 6.26 Å². The zero-order chi connectivity index (χ0) is 13.3. The minimum Gasteiger partial charge on any atom is -0.393 e. The van der Waals surface area contributed by atoms with Gasteiger partial charge < -0.3 is 10.0 Å². The lowest BCUT2D eigenvalue weighted by Gasteiger charge is -2.19. The number of nitrogens with zero attached hydrogens (tertiary/aromatic N) is 1.